The van der Waals surface area contributed by atoms with Gasteiger partial charge in [-0.15, -0.1) is 5.10 Å². The molecule has 0 N–H and O–H groups in total. The van der Waals surface area contributed by atoms with E-state index in [1.807, 2.05) is 0 Å². The van der Waals surface area contributed by atoms with Gasteiger partial charge in [-0.25, -0.2) is 22.6 Å². The summed E-state index contributed by atoms with van der Waals surface area (Å²) < 4.78 is 50.6. The number of aryl methyl sites for hydroxylation is 1. The lowest BCUT2D eigenvalue weighted by atomic mass is 10.1. The van der Waals surface area contributed by atoms with Crippen LogP contribution in [0.2, 0.25) is 0 Å². The summed E-state index contributed by atoms with van der Waals surface area (Å²) in [5, 5.41) is 7.66. The number of hydrogen-bond donors (Lipinski definition) is 0. The first kappa shape index (κ1) is 19.0. The number of nitrogens with zero attached hydrogens (tertiary/aromatic N) is 5. The minimum Gasteiger partial charge on any atom is -0.442 e. The first-order valence-electron chi connectivity index (χ1n) is 8.83. The van der Waals surface area contributed by atoms with Crippen LogP contribution in [0, 0.1) is 24.4 Å². The maximum Gasteiger partial charge on any atom is 0.414 e. The summed E-state index contributed by atoms with van der Waals surface area (Å²) in [6, 6.07) is 0.751. The van der Waals surface area contributed by atoms with Crippen molar-refractivity contribution in [1.29, 1.82) is 0 Å². The summed E-state index contributed by atoms with van der Waals surface area (Å²) in [5.41, 5.74) is -0.495. The third-order valence-corrected chi connectivity index (χ3v) is 4.65. The van der Waals surface area contributed by atoms with E-state index in [2.05, 4.69) is 10.3 Å². The summed E-state index contributed by atoms with van der Waals surface area (Å²) >= 11 is 0. The number of amides is 1. The van der Waals surface area contributed by atoms with Crippen LogP contribution in [0.5, 0.6) is 0 Å². The summed E-state index contributed by atoms with van der Waals surface area (Å²) in [4.78, 5) is 25.4. The van der Waals surface area contributed by atoms with E-state index < -0.39 is 41.0 Å². The molecule has 1 aromatic carbocycles. The Morgan fingerprint density at radius 2 is 2.03 bits per heavy atom. The highest BCUT2D eigenvalue weighted by Crippen LogP contribution is 2.35. The number of benzene rings is 1. The van der Waals surface area contributed by atoms with Crippen molar-refractivity contribution in [3.05, 3.63) is 47.7 Å². The third-order valence-electron chi connectivity index (χ3n) is 4.65. The maximum absolute atomic E-state index is 14.7. The first-order valence-corrected chi connectivity index (χ1v) is 8.83. The molecular formula is C18H16F3N5O3. The van der Waals surface area contributed by atoms with Gasteiger partial charge in [0.05, 0.1) is 24.5 Å². The van der Waals surface area contributed by atoms with E-state index in [1.54, 1.807) is 13.1 Å². The zero-order valence-corrected chi connectivity index (χ0v) is 15.3. The topological polar surface area (TPSA) is 80.6 Å². The predicted octanol–water partition coefficient (Wildman–Crippen LogP) is 2.32. The van der Waals surface area contributed by atoms with Crippen LogP contribution in [0.1, 0.15) is 12.1 Å². The Labute approximate surface area is 163 Å². The van der Waals surface area contributed by atoms with Crippen molar-refractivity contribution < 1.29 is 27.5 Å². The summed E-state index contributed by atoms with van der Waals surface area (Å²) in [6.45, 7) is 1.82. The molecule has 1 aromatic heterocycles. The number of ketones is 1. The third kappa shape index (κ3) is 3.55. The summed E-state index contributed by atoms with van der Waals surface area (Å²) in [5.74, 6) is -4.06. The average Bonchev–Trinajstić information content (AvgIpc) is 3.25. The molecule has 2 aliphatic rings. The van der Waals surface area contributed by atoms with E-state index in [-0.39, 0.29) is 31.8 Å². The van der Waals surface area contributed by atoms with Crippen LogP contribution in [0.3, 0.4) is 0 Å². The van der Waals surface area contributed by atoms with Gasteiger partial charge in [0.1, 0.15) is 11.8 Å². The van der Waals surface area contributed by atoms with Gasteiger partial charge in [0.2, 0.25) is 0 Å². The van der Waals surface area contributed by atoms with Crippen LogP contribution in [0.15, 0.2) is 24.5 Å². The van der Waals surface area contributed by atoms with Gasteiger partial charge in [-0.05, 0) is 13.0 Å². The number of hydrogen-bond acceptors (Lipinski definition) is 6. The number of ether oxygens (including phenoxy) is 1. The molecule has 0 bridgehead atoms. The van der Waals surface area contributed by atoms with E-state index in [9.17, 15) is 22.8 Å². The summed E-state index contributed by atoms with van der Waals surface area (Å²) in [7, 11) is 0. The lowest BCUT2D eigenvalue weighted by molar-refractivity contribution is -0.114. The smallest absolute Gasteiger partial charge is 0.414 e. The van der Waals surface area contributed by atoms with Crippen molar-refractivity contribution in [2.75, 3.05) is 22.9 Å². The average molecular weight is 407 g/mol. The molecule has 1 fully saturated rings. The molecule has 29 heavy (non-hydrogen) atoms. The number of carbonyl (C=O) groups is 2. The van der Waals surface area contributed by atoms with Crippen LogP contribution < -0.4 is 9.80 Å². The van der Waals surface area contributed by atoms with Crippen LogP contribution in [-0.2, 0) is 16.1 Å². The molecule has 1 amide bonds. The largest absolute Gasteiger partial charge is 0.442 e. The highest BCUT2D eigenvalue weighted by molar-refractivity contribution is 5.92. The monoisotopic (exact) mass is 407 g/mol. The number of rotatable bonds is 4. The van der Waals surface area contributed by atoms with Crippen LogP contribution in [-0.4, -0.2) is 46.1 Å². The van der Waals surface area contributed by atoms with Gasteiger partial charge in [-0.3, -0.25) is 9.69 Å². The second kappa shape index (κ2) is 7.22. The molecule has 0 saturated carbocycles. The number of carbonyl (C=O) groups excluding carboxylic acids is 2. The van der Waals surface area contributed by atoms with Crippen molar-refractivity contribution in [3.8, 4) is 0 Å². The van der Waals surface area contributed by atoms with Crippen molar-refractivity contribution in [2.45, 2.75) is 26.0 Å². The molecule has 8 nitrogen and oxygen atoms in total. The number of aromatic nitrogens is 3. The number of allylic oxidation sites excluding steroid dienone is 1. The predicted molar refractivity (Wildman–Crippen MR) is 94.8 cm³/mol. The van der Waals surface area contributed by atoms with Gasteiger partial charge in [-0.2, -0.15) is 0 Å². The zero-order chi connectivity index (χ0) is 20.7. The molecule has 4 rings (SSSR count). The Bertz CT molecular complexity index is 1020. The molecule has 0 radical (unpaired) electrons. The number of anilines is 2. The molecule has 1 saturated heterocycles. The molecule has 2 aromatic rings. The molecule has 0 spiro atoms. The minimum atomic E-state index is -1.44. The molecule has 0 aliphatic carbocycles. The van der Waals surface area contributed by atoms with E-state index in [0.717, 1.165) is 15.9 Å². The fourth-order valence-electron chi connectivity index (χ4n) is 3.29. The first-order chi connectivity index (χ1) is 13.8. The zero-order valence-electron chi connectivity index (χ0n) is 15.3. The lowest BCUT2D eigenvalue weighted by Gasteiger charge is -2.25. The Morgan fingerprint density at radius 3 is 2.69 bits per heavy atom. The molecule has 2 aliphatic heterocycles. The van der Waals surface area contributed by atoms with Crippen molar-refractivity contribution in [1.82, 2.24) is 15.0 Å². The Kier molecular flexibility index (Phi) is 4.73. The quantitative estimate of drug-likeness (QED) is 0.724. The SMILES string of the molecule is Cc1cn(CC2CN(c3cc(F)c(N4C=CC(=O)CC4)c(F)c3F)C(=O)O2)nn1. The van der Waals surface area contributed by atoms with Gasteiger partial charge < -0.3 is 9.64 Å². The minimum absolute atomic E-state index is 0.0209. The maximum atomic E-state index is 14.7. The second-order valence-corrected chi connectivity index (χ2v) is 6.78. The Morgan fingerprint density at radius 1 is 1.24 bits per heavy atom. The molecule has 11 heteroatoms. The normalized spacial score (nSPS) is 19.2. The number of cyclic esters (lactones) is 1. The fraction of sp³-hybridized carbons (Fsp3) is 0.333. The molecule has 152 valence electrons. The highest BCUT2D eigenvalue weighted by atomic mass is 19.2. The van der Waals surface area contributed by atoms with Gasteiger partial charge in [0.25, 0.3) is 0 Å². The van der Waals surface area contributed by atoms with Gasteiger partial charge in [0.15, 0.2) is 23.2 Å². The fourth-order valence-corrected chi connectivity index (χ4v) is 3.29. The van der Waals surface area contributed by atoms with Crippen molar-refractivity contribution in [3.63, 3.8) is 0 Å². The van der Waals surface area contributed by atoms with Crippen LogP contribution in [0.25, 0.3) is 0 Å². The van der Waals surface area contributed by atoms with E-state index in [0.29, 0.717) is 5.69 Å². The van der Waals surface area contributed by atoms with Gasteiger partial charge in [-0.1, -0.05) is 5.21 Å². The van der Waals surface area contributed by atoms with E-state index in [4.69, 9.17) is 4.74 Å². The van der Waals surface area contributed by atoms with E-state index >= 15 is 0 Å². The second-order valence-electron chi connectivity index (χ2n) is 6.78. The Balaban J connectivity index is 1.59. The molecular weight excluding hydrogens is 391 g/mol. The molecule has 1 unspecified atom stereocenters. The highest BCUT2D eigenvalue weighted by Gasteiger charge is 2.36. The van der Waals surface area contributed by atoms with Crippen LogP contribution in [0.4, 0.5) is 29.3 Å². The molecule has 3 heterocycles. The standard InChI is InChI=1S/C18H16F3N5O3/c1-10-7-25(23-22-10)8-12-9-26(18(28)29-12)14-6-13(19)17(16(21)15(14)20)24-4-2-11(27)3-5-24/h2,4,6-7,12H,3,5,8-9H2,1H3. The lowest BCUT2D eigenvalue weighted by Crippen LogP contribution is -2.29. The van der Waals surface area contributed by atoms with Gasteiger partial charge in [0, 0.05) is 31.4 Å². The number of halogens is 3. The van der Waals surface area contributed by atoms with E-state index in [1.165, 1.54) is 17.0 Å². The molecule has 1 atom stereocenters. The van der Waals surface area contributed by atoms with Gasteiger partial charge >= 0.3 is 6.09 Å². The summed E-state index contributed by atoms with van der Waals surface area (Å²) in [6.07, 6.45) is 2.46. The Hall–Kier alpha value is -3.37. The van der Waals surface area contributed by atoms with Crippen LogP contribution >= 0.6 is 0 Å². The van der Waals surface area contributed by atoms with Crippen molar-refractivity contribution >= 4 is 23.3 Å². The van der Waals surface area contributed by atoms with Crippen molar-refractivity contribution in [2.24, 2.45) is 0 Å².